The lowest BCUT2D eigenvalue weighted by Gasteiger charge is -2.27. The van der Waals surface area contributed by atoms with Gasteiger partial charge in [-0.2, -0.15) is 0 Å². The van der Waals surface area contributed by atoms with E-state index >= 15 is 0 Å². The molecule has 0 bridgehead atoms. The Bertz CT molecular complexity index is 424. The third kappa shape index (κ3) is 3.35. The van der Waals surface area contributed by atoms with E-state index in [4.69, 9.17) is 16.7 Å². The van der Waals surface area contributed by atoms with Crippen LogP contribution in [0.1, 0.15) is 25.7 Å². The summed E-state index contributed by atoms with van der Waals surface area (Å²) in [5, 5.41) is 12.5. The van der Waals surface area contributed by atoms with Crippen LogP contribution in [0.4, 0.5) is 10.1 Å². The van der Waals surface area contributed by atoms with E-state index in [0.29, 0.717) is 23.6 Å². The fraction of sp³-hybridized carbons (Fsp3) is 0.462. The number of halogens is 2. The lowest BCUT2D eigenvalue weighted by Crippen LogP contribution is -2.29. The van der Waals surface area contributed by atoms with Gasteiger partial charge in [0, 0.05) is 16.8 Å². The van der Waals surface area contributed by atoms with E-state index in [1.165, 1.54) is 12.1 Å². The molecule has 0 aliphatic heterocycles. The highest BCUT2D eigenvalue weighted by molar-refractivity contribution is 6.30. The number of aliphatic carboxylic acids is 1. The summed E-state index contributed by atoms with van der Waals surface area (Å²) >= 11 is 5.77. The number of rotatable bonds is 3. The second kappa shape index (κ2) is 5.57. The van der Waals surface area contributed by atoms with Gasteiger partial charge in [-0.3, -0.25) is 4.79 Å². The molecular formula is C13H15ClFNO2. The lowest BCUT2D eigenvalue weighted by atomic mass is 9.86. The normalized spacial score (nSPS) is 23.7. The average molecular weight is 272 g/mol. The van der Waals surface area contributed by atoms with Crippen molar-refractivity contribution >= 4 is 23.3 Å². The van der Waals surface area contributed by atoms with Gasteiger partial charge in [-0.15, -0.1) is 0 Å². The van der Waals surface area contributed by atoms with E-state index in [9.17, 15) is 9.18 Å². The highest BCUT2D eigenvalue weighted by atomic mass is 35.5. The van der Waals surface area contributed by atoms with Crippen LogP contribution >= 0.6 is 11.6 Å². The Balaban J connectivity index is 1.93. The van der Waals surface area contributed by atoms with Crippen molar-refractivity contribution in [3.05, 3.63) is 29.0 Å². The molecule has 0 heterocycles. The molecule has 0 spiro atoms. The van der Waals surface area contributed by atoms with Crippen molar-refractivity contribution in [1.29, 1.82) is 0 Å². The number of anilines is 1. The second-order valence-electron chi connectivity index (χ2n) is 4.69. The van der Waals surface area contributed by atoms with E-state index in [1.807, 2.05) is 0 Å². The fourth-order valence-corrected chi connectivity index (χ4v) is 2.58. The van der Waals surface area contributed by atoms with E-state index in [0.717, 1.165) is 12.8 Å². The number of carboxylic acid groups (broad SMARTS) is 1. The Morgan fingerprint density at radius 3 is 2.50 bits per heavy atom. The number of benzene rings is 1. The molecule has 1 aliphatic carbocycles. The van der Waals surface area contributed by atoms with Crippen LogP contribution in [0.15, 0.2) is 18.2 Å². The standard InChI is InChI=1S/C13H15ClFNO2/c14-9-5-10(15)7-12(6-9)16-11-3-1-8(2-4-11)13(17)18/h5-8,11,16H,1-4H2,(H,17,18). The number of hydrogen-bond acceptors (Lipinski definition) is 2. The molecule has 18 heavy (non-hydrogen) atoms. The Hall–Kier alpha value is -1.29. The fourth-order valence-electron chi connectivity index (χ4n) is 2.36. The monoisotopic (exact) mass is 271 g/mol. The molecule has 0 unspecified atom stereocenters. The van der Waals surface area contributed by atoms with Crippen LogP contribution in [0, 0.1) is 11.7 Å². The van der Waals surface area contributed by atoms with Crippen LogP contribution in [0.3, 0.4) is 0 Å². The average Bonchev–Trinajstić information content (AvgIpc) is 2.28. The third-order valence-electron chi connectivity index (χ3n) is 3.31. The molecule has 1 aromatic rings. The molecule has 0 saturated heterocycles. The van der Waals surface area contributed by atoms with Crippen LogP contribution in [0.25, 0.3) is 0 Å². The zero-order valence-corrected chi connectivity index (χ0v) is 10.6. The molecule has 1 aliphatic rings. The van der Waals surface area contributed by atoms with Gasteiger partial charge >= 0.3 is 5.97 Å². The van der Waals surface area contributed by atoms with Gasteiger partial charge < -0.3 is 10.4 Å². The van der Waals surface area contributed by atoms with Crippen molar-refractivity contribution in [2.75, 3.05) is 5.32 Å². The first-order valence-electron chi connectivity index (χ1n) is 6.00. The largest absolute Gasteiger partial charge is 0.481 e. The SMILES string of the molecule is O=C(O)C1CCC(Nc2cc(F)cc(Cl)c2)CC1. The molecule has 2 rings (SSSR count). The molecule has 2 N–H and O–H groups in total. The van der Waals surface area contributed by atoms with Gasteiger partial charge in [0.05, 0.1) is 5.92 Å². The van der Waals surface area contributed by atoms with Crippen LogP contribution < -0.4 is 5.32 Å². The molecule has 0 radical (unpaired) electrons. The first-order valence-corrected chi connectivity index (χ1v) is 6.38. The predicted octanol–water partition coefficient (Wildman–Crippen LogP) is 3.53. The summed E-state index contributed by atoms with van der Waals surface area (Å²) < 4.78 is 13.1. The summed E-state index contributed by atoms with van der Waals surface area (Å²) in [5.41, 5.74) is 0.652. The Labute approximate surface area is 110 Å². The Kier molecular flexibility index (Phi) is 4.07. The molecule has 0 aromatic heterocycles. The first kappa shape index (κ1) is 13.1. The summed E-state index contributed by atoms with van der Waals surface area (Å²) in [6.45, 7) is 0. The molecule has 1 fully saturated rings. The van der Waals surface area contributed by atoms with Gasteiger partial charge in [0.25, 0.3) is 0 Å². The van der Waals surface area contributed by atoms with Crippen molar-refractivity contribution in [1.82, 2.24) is 0 Å². The highest BCUT2D eigenvalue weighted by Crippen LogP contribution is 2.27. The number of carbonyl (C=O) groups is 1. The van der Waals surface area contributed by atoms with Gasteiger partial charge in [-0.1, -0.05) is 11.6 Å². The smallest absolute Gasteiger partial charge is 0.306 e. The molecule has 5 heteroatoms. The molecule has 98 valence electrons. The number of nitrogens with one attached hydrogen (secondary N) is 1. The van der Waals surface area contributed by atoms with Crippen LogP contribution in [-0.2, 0) is 4.79 Å². The van der Waals surface area contributed by atoms with Gasteiger partial charge in [0.2, 0.25) is 0 Å². The topological polar surface area (TPSA) is 49.3 Å². The maximum absolute atomic E-state index is 13.1. The second-order valence-corrected chi connectivity index (χ2v) is 5.13. The predicted molar refractivity (Wildman–Crippen MR) is 68.4 cm³/mol. The van der Waals surface area contributed by atoms with Crippen LogP contribution in [0.2, 0.25) is 5.02 Å². The number of hydrogen-bond donors (Lipinski definition) is 2. The van der Waals surface area contributed by atoms with Crippen LogP contribution in [-0.4, -0.2) is 17.1 Å². The molecule has 0 amide bonds. The zero-order valence-electron chi connectivity index (χ0n) is 9.83. The molecule has 1 aromatic carbocycles. The molecule has 3 nitrogen and oxygen atoms in total. The van der Waals surface area contributed by atoms with Gasteiger partial charge in [0.1, 0.15) is 5.82 Å². The maximum atomic E-state index is 13.1. The van der Waals surface area contributed by atoms with Crippen molar-refractivity contribution in [3.63, 3.8) is 0 Å². The quantitative estimate of drug-likeness (QED) is 0.884. The first-order chi connectivity index (χ1) is 8.54. The molecule has 0 atom stereocenters. The number of carboxylic acids is 1. The van der Waals surface area contributed by atoms with Crippen LogP contribution in [0.5, 0.6) is 0 Å². The van der Waals surface area contributed by atoms with E-state index < -0.39 is 5.97 Å². The lowest BCUT2D eigenvalue weighted by molar-refractivity contribution is -0.142. The third-order valence-corrected chi connectivity index (χ3v) is 3.53. The van der Waals surface area contributed by atoms with Gasteiger partial charge in [-0.05, 0) is 43.9 Å². The summed E-state index contributed by atoms with van der Waals surface area (Å²) in [7, 11) is 0. The van der Waals surface area contributed by atoms with Crippen molar-refractivity contribution in [2.45, 2.75) is 31.7 Å². The summed E-state index contributed by atoms with van der Waals surface area (Å²) in [5.74, 6) is -1.33. The Morgan fingerprint density at radius 2 is 1.94 bits per heavy atom. The Morgan fingerprint density at radius 1 is 1.28 bits per heavy atom. The molecular weight excluding hydrogens is 257 g/mol. The minimum Gasteiger partial charge on any atom is -0.481 e. The van der Waals surface area contributed by atoms with Crippen molar-refractivity contribution < 1.29 is 14.3 Å². The summed E-state index contributed by atoms with van der Waals surface area (Å²) in [4.78, 5) is 10.8. The zero-order chi connectivity index (χ0) is 13.1. The summed E-state index contributed by atoms with van der Waals surface area (Å²) in [6, 6.07) is 4.52. The maximum Gasteiger partial charge on any atom is 0.306 e. The van der Waals surface area contributed by atoms with Gasteiger partial charge in [-0.25, -0.2) is 4.39 Å². The van der Waals surface area contributed by atoms with Gasteiger partial charge in [0.15, 0.2) is 0 Å². The highest BCUT2D eigenvalue weighted by Gasteiger charge is 2.25. The molecule has 1 saturated carbocycles. The van der Waals surface area contributed by atoms with E-state index in [-0.39, 0.29) is 17.8 Å². The van der Waals surface area contributed by atoms with E-state index in [2.05, 4.69) is 5.32 Å². The minimum absolute atomic E-state index is 0.193. The van der Waals surface area contributed by atoms with Crippen molar-refractivity contribution in [3.8, 4) is 0 Å². The van der Waals surface area contributed by atoms with Crippen molar-refractivity contribution in [2.24, 2.45) is 5.92 Å². The van der Waals surface area contributed by atoms with E-state index in [1.54, 1.807) is 6.07 Å². The summed E-state index contributed by atoms with van der Waals surface area (Å²) in [6.07, 6.45) is 2.89. The minimum atomic E-state index is -0.720.